The van der Waals surface area contributed by atoms with Crippen molar-refractivity contribution in [1.29, 1.82) is 0 Å². The number of hydrogen-bond acceptors (Lipinski definition) is 5. The van der Waals surface area contributed by atoms with Crippen molar-refractivity contribution in [3.8, 4) is 11.4 Å². The van der Waals surface area contributed by atoms with E-state index in [4.69, 9.17) is 10.5 Å². The molecule has 7 nitrogen and oxygen atoms in total. The van der Waals surface area contributed by atoms with Crippen molar-refractivity contribution in [3.05, 3.63) is 35.7 Å². The molecule has 1 aromatic heterocycles. The van der Waals surface area contributed by atoms with Crippen LogP contribution < -0.4 is 10.5 Å². The van der Waals surface area contributed by atoms with Gasteiger partial charge in [-0.15, -0.1) is 17.5 Å². The average molecular weight is 378 g/mol. The second kappa shape index (κ2) is 7.25. The van der Waals surface area contributed by atoms with Crippen molar-refractivity contribution in [2.75, 3.05) is 20.2 Å². The van der Waals surface area contributed by atoms with Gasteiger partial charge in [-0.3, -0.25) is 4.79 Å². The number of amides is 1. The molecular weight excluding hydrogens is 354 g/mol. The molecule has 3 atom stereocenters. The largest absolute Gasteiger partial charge is 0.497 e. The predicted molar refractivity (Wildman–Crippen MR) is 100.0 cm³/mol. The first-order valence-electron chi connectivity index (χ1n) is 8.70. The van der Waals surface area contributed by atoms with Crippen LogP contribution in [0.4, 0.5) is 0 Å². The molecule has 1 saturated heterocycles. The first kappa shape index (κ1) is 18.7. The normalized spacial score (nSPS) is 24.3. The summed E-state index contributed by atoms with van der Waals surface area (Å²) in [6, 6.07) is 7.74. The van der Waals surface area contributed by atoms with Crippen LogP contribution in [0.25, 0.3) is 5.69 Å². The highest BCUT2D eigenvalue weighted by molar-refractivity contribution is 5.93. The number of hydrogen-bond donors (Lipinski definition) is 1. The van der Waals surface area contributed by atoms with Crippen LogP contribution in [0.1, 0.15) is 29.0 Å². The van der Waals surface area contributed by atoms with Gasteiger partial charge in [0.1, 0.15) is 5.75 Å². The van der Waals surface area contributed by atoms with Gasteiger partial charge in [-0.1, -0.05) is 5.21 Å². The fraction of sp³-hybridized carbons (Fsp3) is 0.500. The van der Waals surface area contributed by atoms with Gasteiger partial charge in [0.25, 0.3) is 5.91 Å². The number of benzene rings is 1. The number of ether oxygens (including phenoxy) is 1. The zero-order valence-corrected chi connectivity index (χ0v) is 15.8. The maximum atomic E-state index is 12.9. The number of aromatic nitrogens is 3. The van der Waals surface area contributed by atoms with E-state index >= 15 is 0 Å². The first-order valence-corrected chi connectivity index (χ1v) is 8.70. The minimum Gasteiger partial charge on any atom is -0.497 e. The molecule has 1 saturated carbocycles. The quantitative estimate of drug-likeness (QED) is 0.881. The number of nitrogens with two attached hydrogens (primary N) is 1. The van der Waals surface area contributed by atoms with Gasteiger partial charge in [0.2, 0.25) is 0 Å². The van der Waals surface area contributed by atoms with E-state index < -0.39 is 0 Å². The molecule has 1 aliphatic carbocycles. The molecule has 1 aromatic carbocycles. The number of rotatable bonds is 3. The van der Waals surface area contributed by atoms with Crippen molar-refractivity contribution < 1.29 is 9.53 Å². The lowest BCUT2D eigenvalue weighted by Gasteiger charge is -2.17. The van der Waals surface area contributed by atoms with Crippen LogP contribution >= 0.6 is 12.4 Å². The SMILES string of the molecule is COc1ccc(-n2nnc(C(=O)N3CC4CCC(N)C4C3)c2C)cc1.Cl. The molecule has 26 heavy (non-hydrogen) atoms. The number of methoxy groups -OCH3 is 1. The van der Waals surface area contributed by atoms with Crippen LogP contribution in [0, 0.1) is 18.8 Å². The van der Waals surface area contributed by atoms with E-state index in [1.54, 1.807) is 11.8 Å². The molecule has 2 heterocycles. The zero-order valence-electron chi connectivity index (χ0n) is 15.0. The summed E-state index contributed by atoms with van der Waals surface area (Å²) in [6.45, 7) is 3.39. The highest BCUT2D eigenvalue weighted by atomic mass is 35.5. The minimum atomic E-state index is -0.0427. The van der Waals surface area contributed by atoms with Gasteiger partial charge in [0.15, 0.2) is 5.69 Å². The lowest BCUT2D eigenvalue weighted by molar-refractivity contribution is 0.0773. The minimum absolute atomic E-state index is 0. The molecule has 4 rings (SSSR count). The molecule has 8 heteroatoms. The number of carbonyl (C=O) groups excluding carboxylic acids is 1. The Morgan fingerprint density at radius 3 is 2.62 bits per heavy atom. The number of carbonyl (C=O) groups is 1. The number of likely N-dealkylation sites (tertiary alicyclic amines) is 1. The Hall–Kier alpha value is -2.12. The standard InChI is InChI=1S/C18H23N5O2.ClH/c1-11-17(18(24)22-9-12-3-8-16(19)15(12)10-22)20-21-23(11)13-4-6-14(25-2)7-5-13;/h4-7,12,15-16H,3,8-10,19H2,1-2H3;1H. The highest BCUT2D eigenvalue weighted by Crippen LogP contribution is 2.37. The van der Waals surface area contributed by atoms with Crippen molar-refractivity contribution in [2.45, 2.75) is 25.8 Å². The van der Waals surface area contributed by atoms with E-state index in [0.717, 1.165) is 43.1 Å². The summed E-state index contributed by atoms with van der Waals surface area (Å²) in [4.78, 5) is 14.8. The van der Waals surface area contributed by atoms with E-state index in [1.165, 1.54) is 0 Å². The third-order valence-corrected chi connectivity index (χ3v) is 5.61. The summed E-state index contributed by atoms with van der Waals surface area (Å²) in [6.07, 6.45) is 2.19. The van der Waals surface area contributed by atoms with Crippen LogP contribution in [-0.4, -0.2) is 52.0 Å². The fourth-order valence-electron chi connectivity index (χ4n) is 4.12. The summed E-state index contributed by atoms with van der Waals surface area (Å²) in [5.41, 5.74) is 8.19. The Morgan fingerprint density at radius 1 is 1.23 bits per heavy atom. The third kappa shape index (κ3) is 3.05. The van der Waals surface area contributed by atoms with Crippen LogP contribution in [0.3, 0.4) is 0 Å². The Labute approximate surface area is 158 Å². The predicted octanol–water partition coefficient (Wildman–Crippen LogP) is 1.82. The molecule has 0 spiro atoms. The molecule has 2 fully saturated rings. The molecule has 1 aliphatic heterocycles. The molecule has 2 N–H and O–H groups in total. The van der Waals surface area contributed by atoms with Crippen molar-refractivity contribution >= 4 is 18.3 Å². The summed E-state index contributed by atoms with van der Waals surface area (Å²) in [7, 11) is 1.63. The first-order chi connectivity index (χ1) is 12.1. The smallest absolute Gasteiger partial charge is 0.276 e. The van der Waals surface area contributed by atoms with Gasteiger partial charge in [-0.25, -0.2) is 4.68 Å². The number of halogens is 1. The monoisotopic (exact) mass is 377 g/mol. The third-order valence-electron chi connectivity index (χ3n) is 5.61. The van der Waals surface area contributed by atoms with E-state index in [1.807, 2.05) is 36.1 Å². The van der Waals surface area contributed by atoms with Crippen molar-refractivity contribution in [2.24, 2.45) is 17.6 Å². The molecule has 140 valence electrons. The van der Waals surface area contributed by atoms with Gasteiger partial charge in [0, 0.05) is 19.1 Å². The van der Waals surface area contributed by atoms with Gasteiger partial charge in [-0.2, -0.15) is 0 Å². The highest BCUT2D eigenvalue weighted by Gasteiger charge is 2.43. The Bertz CT molecular complexity index is 791. The van der Waals surface area contributed by atoms with Crippen molar-refractivity contribution in [3.63, 3.8) is 0 Å². The zero-order chi connectivity index (χ0) is 17.6. The summed E-state index contributed by atoms with van der Waals surface area (Å²) < 4.78 is 6.86. The van der Waals surface area contributed by atoms with Gasteiger partial charge in [0.05, 0.1) is 18.5 Å². The van der Waals surface area contributed by atoms with E-state index in [9.17, 15) is 4.79 Å². The maximum absolute atomic E-state index is 12.9. The molecule has 1 amide bonds. The molecule has 3 unspecified atom stereocenters. The maximum Gasteiger partial charge on any atom is 0.276 e. The molecule has 2 aromatic rings. The fourth-order valence-corrected chi connectivity index (χ4v) is 4.12. The number of nitrogens with zero attached hydrogens (tertiary/aromatic N) is 4. The van der Waals surface area contributed by atoms with E-state index in [0.29, 0.717) is 17.5 Å². The number of fused-ring (bicyclic) bond motifs is 1. The van der Waals surface area contributed by atoms with Gasteiger partial charge < -0.3 is 15.4 Å². The lowest BCUT2D eigenvalue weighted by atomic mass is 9.98. The Balaban J connectivity index is 0.00000196. The van der Waals surface area contributed by atoms with Crippen LogP contribution in [0.15, 0.2) is 24.3 Å². The average Bonchev–Trinajstić information content (AvgIpc) is 3.31. The summed E-state index contributed by atoms with van der Waals surface area (Å²) in [5, 5.41) is 8.33. The van der Waals surface area contributed by atoms with Crippen molar-refractivity contribution in [1.82, 2.24) is 19.9 Å². The lowest BCUT2D eigenvalue weighted by Crippen LogP contribution is -2.34. The molecular formula is C18H24ClN5O2. The van der Waals surface area contributed by atoms with Crippen LogP contribution in [0.5, 0.6) is 5.75 Å². The summed E-state index contributed by atoms with van der Waals surface area (Å²) >= 11 is 0. The van der Waals surface area contributed by atoms with E-state index in [-0.39, 0.29) is 24.4 Å². The second-order valence-electron chi connectivity index (χ2n) is 7.01. The molecule has 2 aliphatic rings. The topological polar surface area (TPSA) is 86.3 Å². The Kier molecular flexibility index (Phi) is 5.20. The second-order valence-corrected chi connectivity index (χ2v) is 7.01. The van der Waals surface area contributed by atoms with E-state index in [2.05, 4.69) is 10.3 Å². The van der Waals surface area contributed by atoms with Gasteiger partial charge in [-0.05, 0) is 55.9 Å². The molecule has 0 bridgehead atoms. The Morgan fingerprint density at radius 2 is 1.96 bits per heavy atom. The van der Waals surface area contributed by atoms with Crippen LogP contribution in [0.2, 0.25) is 0 Å². The molecule has 0 radical (unpaired) electrons. The summed E-state index contributed by atoms with van der Waals surface area (Å²) in [5.74, 6) is 1.70. The van der Waals surface area contributed by atoms with Gasteiger partial charge >= 0.3 is 0 Å². The van der Waals surface area contributed by atoms with Crippen LogP contribution in [-0.2, 0) is 0 Å².